The molecule has 4 nitrogen and oxygen atoms in total. The number of benzene rings is 1. The Bertz CT molecular complexity index is 1040. The monoisotopic (exact) mass is 348 g/mol. The average molecular weight is 348 g/mol. The molecule has 0 saturated heterocycles. The van der Waals surface area contributed by atoms with E-state index in [9.17, 15) is 0 Å². The van der Waals surface area contributed by atoms with Crippen LogP contribution >= 0.6 is 11.3 Å². The van der Waals surface area contributed by atoms with E-state index in [1.165, 1.54) is 11.1 Å². The standard InChI is InChI=1S/C20H20N4S/c1-4-15-7-5-6-8-16(15)22-20-23-17(12-25-20)19-14(3)21-18-11-13(2)9-10-24(18)19/h5-12H,4H2,1-3H3,(H,22,23). The number of imidazole rings is 1. The van der Waals surface area contributed by atoms with E-state index < -0.39 is 0 Å². The first-order valence-corrected chi connectivity index (χ1v) is 9.30. The minimum atomic E-state index is 0.900. The summed E-state index contributed by atoms with van der Waals surface area (Å²) < 4.78 is 2.11. The SMILES string of the molecule is CCc1ccccc1Nc1nc(-c2c(C)nc3cc(C)ccn23)cs1. The third-order valence-corrected chi connectivity index (χ3v) is 5.10. The Hall–Kier alpha value is -2.66. The Morgan fingerprint density at radius 3 is 2.80 bits per heavy atom. The minimum Gasteiger partial charge on any atom is -0.331 e. The summed E-state index contributed by atoms with van der Waals surface area (Å²) in [6, 6.07) is 12.6. The summed E-state index contributed by atoms with van der Waals surface area (Å²) in [6.07, 6.45) is 3.06. The van der Waals surface area contributed by atoms with E-state index >= 15 is 0 Å². The van der Waals surface area contributed by atoms with Crippen molar-refractivity contribution < 1.29 is 0 Å². The number of nitrogens with one attached hydrogen (secondary N) is 1. The molecule has 5 heteroatoms. The van der Waals surface area contributed by atoms with Crippen molar-refractivity contribution in [3.8, 4) is 11.4 Å². The van der Waals surface area contributed by atoms with E-state index in [0.717, 1.165) is 40.0 Å². The summed E-state index contributed by atoms with van der Waals surface area (Å²) in [5, 5.41) is 6.45. The van der Waals surface area contributed by atoms with Gasteiger partial charge in [0.05, 0.1) is 11.4 Å². The van der Waals surface area contributed by atoms with Crippen LogP contribution in [0.2, 0.25) is 0 Å². The van der Waals surface area contributed by atoms with Gasteiger partial charge in [0, 0.05) is 17.3 Å². The number of anilines is 2. The van der Waals surface area contributed by atoms with Gasteiger partial charge in [-0.15, -0.1) is 11.3 Å². The van der Waals surface area contributed by atoms with E-state index in [-0.39, 0.29) is 0 Å². The average Bonchev–Trinajstić information content (AvgIpc) is 3.18. The van der Waals surface area contributed by atoms with Gasteiger partial charge in [-0.1, -0.05) is 25.1 Å². The molecular weight excluding hydrogens is 328 g/mol. The van der Waals surface area contributed by atoms with E-state index in [1.807, 2.05) is 13.0 Å². The quantitative estimate of drug-likeness (QED) is 0.538. The van der Waals surface area contributed by atoms with Gasteiger partial charge in [-0.25, -0.2) is 9.97 Å². The first-order chi connectivity index (χ1) is 12.2. The van der Waals surface area contributed by atoms with Crippen LogP contribution in [-0.4, -0.2) is 14.4 Å². The highest BCUT2D eigenvalue weighted by Gasteiger charge is 2.14. The van der Waals surface area contributed by atoms with Crippen LogP contribution in [0.1, 0.15) is 23.7 Å². The highest BCUT2D eigenvalue weighted by Crippen LogP contribution is 2.30. The van der Waals surface area contributed by atoms with Crippen LogP contribution in [0.5, 0.6) is 0 Å². The molecule has 0 saturated carbocycles. The van der Waals surface area contributed by atoms with Crippen molar-refractivity contribution in [1.29, 1.82) is 0 Å². The number of para-hydroxylation sites is 1. The van der Waals surface area contributed by atoms with Crippen LogP contribution in [0.4, 0.5) is 10.8 Å². The smallest absolute Gasteiger partial charge is 0.187 e. The molecule has 0 amide bonds. The molecule has 0 aliphatic heterocycles. The van der Waals surface area contributed by atoms with Crippen molar-refractivity contribution >= 4 is 27.8 Å². The predicted molar refractivity (Wildman–Crippen MR) is 105 cm³/mol. The van der Waals surface area contributed by atoms with Gasteiger partial charge in [-0.3, -0.25) is 4.40 Å². The van der Waals surface area contributed by atoms with Gasteiger partial charge in [0.15, 0.2) is 5.13 Å². The number of fused-ring (bicyclic) bond motifs is 1. The maximum absolute atomic E-state index is 4.80. The summed E-state index contributed by atoms with van der Waals surface area (Å²) in [5.41, 5.74) is 7.60. The number of aryl methyl sites for hydroxylation is 3. The number of rotatable bonds is 4. The summed E-state index contributed by atoms with van der Waals surface area (Å²) >= 11 is 1.62. The summed E-state index contributed by atoms with van der Waals surface area (Å²) in [7, 11) is 0. The van der Waals surface area contributed by atoms with E-state index in [1.54, 1.807) is 11.3 Å². The van der Waals surface area contributed by atoms with Crippen molar-refractivity contribution in [2.45, 2.75) is 27.2 Å². The Labute approximate surface area is 151 Å². The van der Waals surface area contributed by atoms with E-state index in [0.29, 0.717) is 0 Å². The Kier molecular flexibility index (Phi) is 4.01. The highest BCUT2D eigenvalue weighted by atomic mass is 32.1. The van der Waals surface area contributed by atoms with Crippen molar-refractivity contribution in [2.75, 3.05) is 5.32 Å². The van der Waals surface area contributed by atoms with Crippen molar-refractivity contribution in [3.05, 3.63) is 64.8 Å². The first kappa shape index (κ1) is 15.8. The van der Waals surface area contributed by atoms with Crippen LogP contribution in [-0.2, 0) is 6.42 Å². The maximum Gasteiger partial charge on any atom is 0.187 e. The lowest BCUT2D eigenvalue weighted by Crippen LogP contribution is -1.95. The lowest BCUT2D eigenvalue weighted by atomic mass is 10.1. The van der Waals surface area contributed by atoms with Gasteiger partial charge < -0.3 is 5.32 Å². The van der Waals surface area contributed by atoms with Crippen LogP contribution < -0.4 is 5.32 Å². The Morgan fingerprint density at radius 2 is 1.96 bits per heavy atom. The third-order valence-electron chi connectivity index (χ3n) is 4.34. The molecule has 0 aliphatic rings. The van der Waals surface area contributed by atoms with Crippen molar-refractivity contribution in [3.63, 3.8) is 0 Å². The van der Waals surface area contributed by atoms with Crippen LogP contribution in [0.3, 0.4) is 0 Å². The molecule has 4 rings (SSSR count). The van der Waals surface area contributed by atoms with Crippen molar-refractivity contribution in [2.24, 2.45) is 0 Å². The molecule has 1 N–H and O–H groups in total. The molecule has 25 heavy (non-hydrogen) atoms. The molecule has 3 aromatic heterocycles. The van der Waals surface area contributed by atoms with Crippen LogP contribution in [0, 0.1) is 13.8 Å². The lowest BCUT2D eigenvalue weighted by molar-refractivity contribution is 1.14. The molecule has 0 bridgehead atoms. The first-order valence-electron chi connectivity index (χ1n) is 8.42. The fourth-order valence-electron chi connectivity index (χ4n) is 3.08. The zero-order chi connectivity index (χ0) is 17.4. The minimum absolute atomic E-state index is 0.900. The molecule has 0 spiro atoms. The zero-order valence-electron chi connectivity index (χ0n) is 14.6. The van der Waals surface area contributed by atoms with Gasteiger partial charge in [-0.2, -0.15) is 0 Å². The second kappa shape index (κ2) is 6.33. The lowest BCUT2D eigenvalue weighted by Gasteiger charge is -2.07. The largest absolute Gasteiger partial charge is 0.331 e. The molecule has 0 aliphatic carbocycles. The molecule has 0 atom stereocenters. The van der Waals surface area contributed by atoms with Gasteiger partial charge in [0.1, 0.15) is 11.3 Å². The molecule has 0 fully saturated rings. The van der Waals surface area contributed by atoms with Crippen LogP contribution in [0.25, 0.3) is 17.0 Å². The highest BCUT2D eigenvalue weighted by molar-refractivity contribution is 7.14. The molecular formula is C20H20N4S. The second-order valence-electron chi connectivity index (χ2n) is 6.15. The van der Waals surface area contributed by atoms with Gasteiger partial charge in [-0.05, 0) is 49.6 Å². The van der Waals surface area contributed by atoms with Gasteiger partial charge in [0.2, 0.25) is 0 Å². The number of pyridine rings is 1. The molecule has 1 aromatic carbocycles. The Morgan fingerprint density at radius 1 is 1.12 bits per heavy atom. The summed E-state index contributed by atoms with van der Waals surface area (Å²) in [6.45, 7) is 6.29. The molecule has 0 unspecified atom stereocenters. The zero-order valence-corrected chi connectivity index (χ0v) is 15.4. The van der Waals surface area contributed by atoms with Gasteiger partial charge >= 0.3 is 0 Å². The molecule has 0 radical (unpaired) electrons. The second-order valence-corrected chi connectivity index (χ2v) is 7.01. The van der Waals surface area contributed by atoms with Gasteiger partial charge in [0.25, 0.3) is 0 Å². The number of aromatic nitrogens is 3. The van der Waals surface area contributed by atoms with Crippen molar-refractivity contribution in [1.82, 2.24) is 14.4 Å². The summed E-state index contributed by atoms with van der Waals surface area (Å²) in [4.78, 5) is 9.48. The van der Waals surface area contributed by atoms with E-state index in [2.05, 4.69) is 70.5 Å². The fourth-order valence-corrected chi connectivity index (χ4v) is 3.79. The number of thiazole rings is 1. The predicted octanol–water partition coefficient (Wildman–Crippen LogP) is 5.38. The molecule has 126 valence electrons. The Balaban J connectivity index is 1.71. The topological polar surface area (TPSA) is 42.2 Å². The normalized spacial score (nSPS) is 11.2. The number of nitrogens with zero attached hydrogens (tertiary/aromatic N) is 3. The van der Waals surface area contributed by atoms with E-state index in [4.69, 9.17) is 4.98 Å². The summed E-state index contributed by atoms with van der Waals surface area (Å²) in [5.74, 6) is 0. The van der Waals surface area contributed by atoms with Crippen LogP contribution in [0.15, 0.2) is 48.0 Å². The molecule has 3 heterocycles. The third kappa shape index (κ3) is 2.91. The number of hydrogen-bond acceptors (Lipinski definition) is 4. The fraction of sp³-hybridized carbons (Fsp3) is 0.200. The number of hydrogen-bond donors (Lipinski definition) is 1. The maximum atomic E-state index is 4.80. The molecule has 4 aromatic rings.